The van der Waals surface area contributed by atoms with E-state index in [4.69, 9.17) is 14.2 Å². The molecule has 0 amide bonds. The van der Waals surface area contributed by atoms with Gasteiger partial charge in [0.05, 0.1) is 19.8 Å². The highest BCUT2D eigenvalue weighted by Gasteiger charge is 2.41. The minimum atomic E-state index is -0.428. The number of rotatable bonds is 4. The number of nitrogens with zero attached hydrogens (tertiary/aromatic N) is 1. The van der Waals surface area contributed by atoms with Gasteiger partial charge in [-0.05, 0) is 25.5 Å². The van der Waals surface area contributed by atoms with E-state index in [-0.39, 0.29) is 12.0 Å². The van der Waals surface area contributed by atoms with E-state index in [0.29, 0.717) is 26.4 Å². The summed E-state index contributed by atoms with van der Waals surface area (Å²) in [6, 6.07) is 10.00. The van der Waals surface area contributed by atoms with E-state index < -0.39 is 5.79 Å². The molecule has 126 valence electrons. The Labute approximate surface area is 137 Å². The van der Waals surface area contributed by atoms with Gasteiger partial charge in [-0.25, -0.2) is 0 Å². The summed E-state index contributed by atoms with van der Waals surface area (Å²) >= 11 is 0. The van der Waals surface area contributed by atoms with E-state index in [1.165, 1.54) is 0 Å². The van der Waals surface area contributed by atoms with Crippen LogP contribution >= 0.6 is 0 Å². The fourth-order valence-corrected chi connectivity index (χ4v) is 3.40. The zero-order chi connectivity index (χ0) is 16.1. The molecule has 5 heteroatoms. The van der Waals surface area contributed by atoms with Gasteiger partial charge in [0.1, 0.15) is 6.61 Å². The molecule has 2 aliphatic heterocycles. The molecule has 2 aliphatic rings. The minimum Gasteiger partial charge on any atom is -0.460 e. The van der Waals surface area contributed by atoms with Crippen molar-refractivity contribution >= 4 is 5.97 Å². The molecule has 0 radical (unpaired) electrons. The van der Waals surface area contributed by atoms with Crippen molar-refractivity contribution < 1.29 is 19.0 Å². The fraction of sp³-hybridized carbons (Fsp3) is 0.611. The molecular formula is C18H25NO4. The maximum atomic E-state index is 12.1. The Bertz CT molecular complexity index is 513. The Kier molecular flexibility index (Phi) is 5.30. The van der Waals surface area contributed by atoms with Crippen LogP contribution in [0.25, 0.3) is 0 Å². The average molecular weight is 319 g/mol. The van der Waals surface area contributed by atoms with Crippen molar-refractivity contribution in [2.45, 2.75) is 44.6 Å². The molecule has 2 fully saturated rings. The van der Waals surface area contributed by atoms with E-state index in [1.807, 2.05) is 30.3 Å². The first kappa shape index (κ1) is 16.4. The molecule has 1 spiro atoms. The van der Waals surface area contributed by atoms with Crippen molar-refractivity contribution in [1.82, 2.24) is 4.90 Å². The summed E-state index contributed by atoms with van der Waals surface area (Å²) in [4.78, 5) is 14.3. The van der Waals surface area contributed by atoms with E-state index in [2.05, 4.69) is 11.8 Å². The zero-order valence-electron chi connectivity index (χ0n) is 13.7. The van der Waals surface area contributed by atoms with E-state index in [0.717, 1.165) is 31.4 Å². The van der Waals surface area contributed by atoms with Crippen LogP contribution in [0.3, 0.4) is 0 Å². The van der Waals surface area contributed by atoms with Gasteiger partial charge in [0, 0.05) is 18.9 Å². The number of carbonyl (C=O) groups excluding carboxylic acids is 1. The number of benzene rings is 1. The van der Waals surface area contributed by atoms with Gasteiger partial charge in [0.2, 0.25) is 0 Å². The number of hydrogen-bond acceptors (Lipinski definition) is 5. The lowest BCUT2D eigenvalue weighted by Gasteiger charge is -2.30. The zero-order valence-corrected chi connectivity index (χ0v) is 13.7. The summed E-state index contributed by atoms with van der Waals surface area (Å²) in [6.07, 6.45) is 2.67. The van der Waals surface area contributed by atoms with Gasteiger partial charge < -0.3 is 14.2 Å². The first-order chi connectivity index (χ1) is 11.2. The summed E-state index contributed by atoms with van der Waals surface area (Å²) in [6.45, 7) is 5.00. The number of hydrogen-bond donors (Lipinski definition) is 0. The van der Waals surface area contributed by atoms with Gasteiger partial charge in [-0.1, -0.05) is 30.3 Å². The molecule has 1 atom stereocenters. The SMILES string of the molecule is CC1CC2(CCCN1CC(=O)OCc1ccccc1)OCCO2. The molecular weight excluding hydrogens is 294 g/mol. The lowest BCUT2D eigenvalue weighted by atomic mass is 10.0. The van der Waals surface area contributed by atoms with E-state index in [1.54, 1.807) is 0 Å². The predicted octanol–water partition coefficient (Wildman–Crippen LogP) is 2.35. The quantitative estimate of drug-likeness (QED) is 0.797. The third-order valence-corrected chi connectivity index (χ3v) is 4.62. The summed E-state index contributed by atoms with van der Waals surface area (Å²) in [5.74, 6) is -0.604. The van der Waals surface area contributed by atoms with Crippen LogP contribution in [0.2, 0.25) is 0 Å². The molecule has 1 unspecified atom stereocenters. The largest absolute Gasteiger partial charge is 0.460 e. The van der Waals surface area contributed by atoms with Gasteiger partial charge in [0.25, 0.3) is 0 Å². The molecule has 0 aliphatic carbocycles. The predicted molar refractivity (Wildman–Crippen MR) is 85.8 cm³/mol. The molecule has 1 aromatic rings. The highest BCUT2D eigenvalue weighted by Crippen LogP contribution is 2.33. The topological polar surface area (TPSA) is 48.0 Å². The molecule has 0 N–H and O–H groups in total. The highest BCUT2D eigenvalue weighted by atomic mass is 16.7. The lowest BCUT2D eigenvalue weighted by Crippen LogP contribution is -2.41. The van der Waals surface area contributed by atoms with Crippen molar-refractivity contribution in [3.8, 4) is 0 Å². The van der Waals surface area contributed by atoms with Gasteiger partial charge in [-0.2, -0.15) is 0 Å². The molecule has 23 heavy (non-hydrogen) atoms. The van der Waals surface area contributed by atoms with E-state index >= 15 is 0 Å². The third-order valence-electron chi connectivity index (χ3n) is 4.62. The lowest BCUT2D eigenvalue weighted by molar-refractivity contribution is -0.169. The molecule has 0 aromatic heterocycles. The van der Waals surface area contributed by atoms with Crippen LogP contribution < -0.4 is 0 Å². The molecule has 0 saturated carbocycles. The van der Waals surface area contributed by atoms with Crippen LogP contribution in [0.15, 0.2) is 30.3 Å². The Morgan fingerprint density at radius 1 is 1.30 bits per heavy atom. The monoisotopic (exact) mass is 319 g/mol. The fourth-order valence-electron chi connectivity index (χ4n) is 3.40. The Morgan fingerprint density at radius 3 is 2.78 bits per heavy atom. The van der Waals surface area contributed by atoms with Crippen LogP contribution in [0.4, 0.5) is 0 Å². The summed E-state index contributed by atoms with van der Waals surface area (Å²) < 4.78 is 17.0. The van der Waals surface area contributed by atoms with Crippen molar-refractivity contribution in [2.75, 3.05) is 26.3 Å². The van der Waals surface area contributed by atoms with E-state index in [9.17, 15) is 4.79 Å². The van der Waals surface area contributed by atoms with Crippen LogP contribution in [-0.2, 0) is 25.6 Å². The molecule has 2 heterocycles. The number of likely N-dealkylation sites (tertiary alicyclic amines) is 1. The molecule has 3 rings (SSSR count). The molecule has 1 aromatic carbocycles. The number of ether oxygens (including phenoxy) is 3. The molecule has 2 saturated heterocycles. The van der Waals surface area contributed by atoms with Crippen LogP contribution in [0.1, 0.15) is 31.7 Å². The third kappa shape index (κ3) is 4.31. The number of carbonyl (C=O) groups is 1. The Balaban J connectivity index is 1.49. The average Bonchev–Trinajstić information content (AvgIpc) is 2.95. The van der Waals surface area contributed by atoms with Crippen molar-refractivity contribution in [2.24, 2.45) is 0 Å². The van der Waals surface area contributed by atoms with Gasteiger partial charge in [-0.15, -0.1) is 0 Å². The van der Waals surface area contributed by atoms with Gasteiger partial charge in [0.15, 0.2) is 5.79 Å². The van der Waals surface area contributed by atoms with Crippen LogP contribution in [0.5, 0.6) is 0 Å². The Hall–Kier alpha value is -1.43. The first-order valence-corrected chi connectivity index (χ1v) is 8.38. The number of esters is 1. The highest BCUT2D eigenvalue weighted by molar-refractivity contribution is 5.71. The molecule has 0 bridgehead atoms. The Morgan fingerprint density at radius 2 is 2.04 bits per heavy atom. The maximum Gasteiger partial charge on any atom is 0.320 e. The summed E-state index contributed by atoms with van der Waals surface area (Å²) in [7, 11) is 0. The second kappa shape index (κ2) is 7.43. The van der Waals surface area contributed by atoms with Gasteiger partial charge in [-0.3, -0.25) is 9.69 Å². The second-order valence-electron chi connectivity index (χ2n) is 6.38. The second-order valence-corrected chi connectivity index (χ2v) is 6.38. The normalized spacial score (nSPS) is 24.5. The van der Waals surface area contributed by atoms with Gasteiger partial charge >= 0.3 is 5.97 Å². The van der Waals surface area contributed by atoms with Crippen molar-refractivity contribution in [1.29, 1.82) is 0 Å². The smallest absolute Gasteiger partial charge is 0.320 e. The van der Waals surface area contributed by atoms with Crippen LogP contribution in [0, 0.1) is 0 Å². The molecule has 5 nitrogen and oxygen atoms in total. The first-order valence-electron chi connectivity index (χ1n) is 8.38. The summed E-state index contributed by atoms with van der Waals surface area (Å²) in [5.41, 5.74) is 1.01. The summed E-state index contributed by atoms with van der Waals surface area (Å²) in [5, 5.41) is 0. The van der Waals surface area contributed by atoms with Crippen LogP contribution in [-0.4, -0.2) is 49.0 Å². The standard InChI is InChI=1S/C18H25NO4/c1-15-12-18(22-10-11-23-18)8-5-9-19(15)13-17(20)21-14-16-6-3-2-4-7-16/h2-4,6-7,15H,5,8-14H2,1H3. The van der Waals surface area contributed by atoms with Crippen molar-refractivity contribution in [3.63, 3.8) is 0 Å². The van der Waals surface area contributed by atoms with Crippen molar-refractivity contribution in [3.05, 3.63) is 35.9 Å². The minimum absolute atomic E-state index is 0.176. The maximum absolute atomic E-state index is 12.1.